The number of nitrogens with one attached hydrogen (secondary N) is 1. The van der Waals surface area contributed by atoms with Crippen molar-refractivity contribution in [1.82, 2.24) is 5.32 Å². The molecular formula is C17H17ClFNO. The fourth-order valence-corrected chi connectivity index (χ4v) is 2.33. The molecule has 0 aliphatic heterocycles. The van der Waals surface area contributed by atoms with Crippen molar-refractivity contribution < 1.29 is 9.13 Å². The number of rotatable bonds is 5. The van der Waals surface area contributed by atoms with E-state index in [1.165, 1.54) is 24.5 Å². The second-order valence-corrected chi connectivity index (χ2v) is 5.80. The van der Waals surface area contributed by atoms with Crippen molar-refractivity contribution in [3.8, 4) is 11.5 Å². The molecule has 2 aromatic carbocycles. The molecule has 21 heavy (non-hydrogen) atoms. The zero-order valence-electron chi connectivity index (χ0n) is 11.8. The first-order valence-corrected chi connectivity index (χ1v) is 7.46. The molecule has 0 spiro atoms. The Morgan fingerprint density at radius 2 is 2.10 bits per heavy atom. The molecule has 1 saturated carbocycles. The highest BCUT2D eigenvalue weighted by atomic mass is 35.5. The number of ether oxygens (including phenoxy) is 1. The van der Waals surface area contributed by atoms with E-state index >= 15 is 0 Å². The molecule has 1 fully saturated rings. The Morgan fingerprint density at radius 3 is 2.81 bits per heavy atom. The van der Waals surface area contributed by atoms with Gasteiger partial charge in [0.2, 0.25) is 0 Å². The maximum Gasteiger partial charge on any atom is 0.184 e. The fourth-order valence-electron chi connectivity index (χ4n) is 2.16. The third-order valence-electron chi connectivity index (χ3n) is 3.62. The number of benzene rings is 2. The van der Waals surface area contributed by atoms with Gasteiger partial charge in [0.25, 0.3) is 0 Å². The average molecular weight is 306 g/mol. The number of halogens is 2. The summed E-state index contributed by atoms with van der Waals surface area (Å²) in [4.78, 5) is 0. The van der Waals surface area contributed by atoms with Crippen LogP contribution >= 0.6 is 11.6 Å². The van der Waals surface area contributed by atoms with Gasteiger partial charge in [0.1, 0.15) is 5.75 Å². The Kier molecular flexibility index (Phi) is 4.13. The third kappa shape index (κ3) is 3.55. The van der Waals surface area contributed by atoms with E-state index in [9.17, 15) is 4.39 Å². The molecule has 0 amide bonds. The van der Waals surface area contributed by atoms with E-state index in [0.717, 1.165) is 12.1 Å². The quantitative estimate of drug-likeness (QED) is 0.854. The summed E-state index contributed by atoms with van der Waals surface area (Å²) in [6, 6.07) is 11.2. The van der Waals surface area contributed by atoms with Gasteiger partial charge in [-0.15, -0.1) is 0 Å². The predicted octanol–water partition coefficient (Wildman–Crippen LogP) is 4.83. The first kappa shape index (κ1) is 14.4. The van der Waals surface area contributed by atoms with Crippen LogP contribution in [0, 0.1) is 12.7 Å². The van der Waals surface area contributed by atoms with Crippen LogP contribution in [0.3, 0.4) is 0 Å². The number of aryl methyl sites for hydroxylation is 1. The highest BCUT2D eigenvalue weighted by Gasteiger charge is 2.20. The van der Waals surface area contributed by atoms with Gasteiger partial charge in [0.15, 0.2) is 11.6 Å². The Bertz CT molecular complexity index is 655. The second-order valence-electron chi connectivity index (χ2n) is 5.40. The Balaban J connectivity index is 1.73. The van der Waals surface area contributed by atoms with E-state index in [2.05, 4.69) is 5.32 Å². The number of hydrogen-bond acceptors (Lipinski definition) is 2. The molecule has 0 saturated heterocycles. The molecular weight excluding hydrogens is 289 g/mol. The lowest BCUT2D eigenvalue weighted by Crippen LogP contribution is -2.15. The van der Waals surface area contributed by atoms with Crippen molar-refractivity contribution in [3.05, 3.63) is 58.4 Å². The van der Waals surface area contributed by atoms with Crippen molar-refractivity contribution in [2.24, 2.45) is 0 Å². The van der Waals surface area contributed by atoms with Crippen LogP contribution in [0.25, 0.3) is 0 Å². The molecule has 110 valence electrons. The SMILES string of the molecule is Cc1cc(Oc2cccc(Cl)c2F)ccc1CNC1CC1. The molecule has 1 aliphatic rings. The summed E-state index contributed by atoms with van der Waals surface area (Å²) in [5, 5.41) is 3.55. The van der Waals surface area contributed by atoms with Crippen LogP contribution in [0.5, 0.6) is 11.5 Å². The van der Waals surface area contributed by atoms with Crippen LogP contribution in [0.15, 0.2) is 36.4 Å². The Hall–Kier alpha value is -1.58. The molecule has 0 heterocycles. The van der Waals surface area contributed by atoms with Crippen LogP contribution in [0.2, 0.25) is 5.02 Å². The first-order chi connectivity index (χ1) is 10.1. The average Bonchev–Trinajstić information content (AvgIpc) is 3.27. The maximum absolute atomic E-state index is 13.8. The molecule has 0 unspecified atom stereocenters. The Morgan fingerprint density at radius 1 is 1.29 bits per heavy atom. The summed E-state index contributed by atoms with van der Waals surface area (Å²) in [7, 11) is 0. The minimum atomic E-state index is -0.531. The minimum absolute atomic E-state index is 0.0643. The van der Waals surface area contributed by atoms with Gasteiger partial charge in [-0.1, -0.05) is 23.7 Å². The van der Waals surface area contributed by atoms with E-state index in [1.807, 2.05) is 25.1 Å². The summed E-state index contributed by atoms with van der Waals surface area (Å²) in [5.41, 5.74) is 2.36. The van der Waals surface area contributed by atoms with E-state index in [1.54, 1.807) is 12.1 Å². The highest BCUT2D eigenvalue weighted by Crippen LogP contribution is 2.30. The lowest BCUT2D eigenvalue weighted by Gasteiger charge is -2.11. The van der Waals surface area contributed by atoms with Gasteiger partial charge in [-0.2, -0.15) is 0 Å². The van der Waals surface area contributed by atoms with Crippen molar-refractivity contribution in [1.29, 1.82) is 0 Å². The summed E-state index contributed by atoms with van der Waals surface area (Å²) in [6.45, 7) is 2.90. The van der Waals surface area contributed by atoms with E-state index in [4.69, 9.17) is 16.3 Å². The highest BCUT2D eigenvalue weighted by molar-refractivity contribution is 6.30. The van der Waals surface area contributed by atoms with Crippen molar-refractivity contribution in [3.63, 3.8) is 0 Å². The molecule has 0 bridgehead atoms. The zero-order chi connectivity index (χ0) is 14.8. The lowest BCUT2D eigenvalue weighted by molar-refractivity contribution is 0.442. The van der Waals surface area contributed by atoms with Crippen LogP contribution in [-0.2, 0) is 6.54 Å². The topological polar surface area (TPSA) is 21.3 Å². The van der Waals surface area contributed by atoms with Crippen LogP contribution in [-0.4, -0.2) is 6.04 Å². The van der Waals surface area contributed by atoms with Crippen molar-refractivity contribution in [2.45, 2.75) is 32.4 Å². The Labute approximate surface area is 128 Å². The van der Waals surface area contributed by atoms with Gasteiger partial charge in [0, 0.05) is 12.6 Å². The van der Waals surface area contributed by atoms with E-state index in [0.29, 0.717) is 11.8 Å². The van der Waals surface area contributed by atoms with Gasteiger partial charge in [0.05, 0.1) is 5.02 Å². The van der Waals surface area contributed by atoms with E-state index < -0.39 is 5.82 Å². The van der Waals surface area contributed by atoms with Crippen molar-refractivity contribution >= 4 is 11.6 Å². The summed E-state index contributed by atoms with van der Waals surface area (Å²) >= 11 is 5.75. The predicted molar refractivity (Wildman–Crippen MR) is 82.5 cm³/mol. The number of hydrogen-bond donors (Lipinski definition) is 1. The second kappa shape index (κ2) is 6.04. The maximum atomic E-state index is 13.8. The first-order valence-electron chi connectivity index (χ1n) is 7.08. The van der Waals surface area contributed by atoms with Crippen LogP contribution in [0.1, 0.15) is 24.0 Å². The summed E-state index contributed by atoms with van der Waals surface area (Å²) < 4.78 is 19.4. The molecule has 1 aliphatic carbocycles. The van der Waals surface area contributed by atoms with Gasteiger partial charge in [-0.3, -0.25) is 0 Å². The molecule has 0 radical (unpaired) electrons. The van der Waals surface area contributed by atoms with Gasteiger partial charge in [-0.25, -0.2) is 4.39 Å². The molecule has 0 atom stereocenters. The molecule has 1 N–H and O–H groups in total. The standard InChI is InChI=1S/C17H17ClFNO/c1-11-9-14(8-5-12(11)10-20-13-6-7-13)21-16-4-2-3-15(18)17(16)19/h2-5,8-9,13,20H,6-7,10H2,1H3. The van der Waals surface area contributed by atoms with Gasteiger partial charge < -0.3 is 10.1 Å². The fraction of sp³-hybridized carbons (Fsp3) is 0.294. The third-order valence-corrected chi connectivity index (χ3v) is 3.91. The van der Waals surface area contributed by atoms with Crippen molar-refractivity contribution in [2.75, 3.05) is 0 Å². The zero-order valence-corrected chi connectivity index (χ0v) is 12.6. The molecule has 0 aromatic heterocycles. The molecule has 2 aromatic rings. The largest absolute Gasteiger partial charge is 0.454 e. The minimum Gasteiger partial charge on any atom is -0.454 e. The lowest BCUT2D eigenvalue weighted by atomic mass is 10.1. The molecule has 4 heteroatoms. The molecule has 3 rings (SSSR count). The van der Waals surface area contributed by atoms with Crippen LogP contribution in [0.4, 0.5) is 4.39 Å². The van der Waals surface area contributed by atoms with Gasteiger partial charge in [-0.05, 0) is 55.2 Å². The monoisotopic (exact) mass is 305 g/mol. The molecule has 2 nitrogen and oxygen atoms in total. The van der Waals surface area contributed by atoms with E-state index in [-0.39, 0.29) is 10.8 Å². The summed E-state index contributed by atoms with van der Waals surface area (Å²) in [6.07, 6.45) is 2.54. The van der Waals surface area contributed by atoms with Gasteiger partial charge >= 0.3 is 0 Å². The summed E-state index contributed by atoms with van der Waals surface area (Å²) in [5.74, 6) is 0.228. The van der Waals surface area contributed by atoms with Crippen LogP contribution < -0.4 is 10.1 Å². The smallest absolute Gasteiger partial charge is 0.184 e. The normalized spacial score (nSPS) is 14.2.